The van der Waals surface area contributed by atoms with Crippen molar-refractivity contribution in [1.82, 2.24) is 19.7 Å². The average molecular weight is 402 g/mol. The molecule has 3 rings (SSSR count). The zero-order chi connectivity index (χ0) is 20.0. The third-order valence-electron chi connectivity index (χ3n) is 3.77. The predicted octanol–water partition coefficient (Wildman–Crippen LogP) is 2.40. The molecular weight excluding hydrogens is 380 g/mol. The Morgan fingerprint density at radius 1 is 1.14 bits per heavy atom. The smallest absolute Gasteiger partial charge is 0.234 e. The lowest BCUT2D eigenvalue weighted by Gasteiger charge is -2.09. The quantitative estimate of drug-likeness (QED) is 0.529. The Balaban J connectivity index is 1.68. The molecule has 1 aromatic carbocycles. The first-order chi connectivity index (χ1) is 13.4. The molecule has 9 nitrogen and oxygen atoms in total. The minimum atomic E-state index is -3.44. The Morgan fingerprint density at radius 2 is 1.93 bits per heavy atom. The number of aryl methyl sites for hydroxylation is 1. The van der Waals surface area contributed by atoms with Crippen molar-refractivity contribution >= 4 is 27.3 Å². The molecule has 0 aliphatic rings. The van der Waals surface area contributed by atoms with Crippen molar-refractivity contribution in [2.24, 2.45) is 7.05 Å². The van der Waals surface area contributed by atoms with Crippen LogP contribution in [-0.2, 0) is 21.8 Å². The van der Waals surface area contributed by atoms with Crippen LogP contribution < -0.4 is 10.0 Å². The molecule has 148 valence electrons. The summed E-state index contributed by atoms with van der Waals surface area (Å²) >= 11 is 0. The van der Waals surface area contributed by atoms with Crippen LogP contribution >= 0.6 is 0 Å². The van der Waals surface area contributed by atoms with Crippen LogP contribution in [-0.4, -0.2) is 47.1 Å². The minimum absolute atomic E-state index is 0.0854. The van der Waals surface area contributed by atoms with Gasteiger partial charge in [-0.25, -0.2) is 18.4 Å². The Hall–Kier alpha value is -2.98. The summed E-state index contributed by atoms with van der Waals surface area (Å²) in [6.45, 7) is 2.47. The number of aromatic nitrogens is 4. The number of hydrogen-bond donors (Lipinski definition) is 2. The molecule has 0 radical (unpaired) electrons. The summed E-state index contributed by atoms with van der Waals surface area (Å²) in [5.74, 6) is 0.365. The highest BCUT2D eigenvalue weighted by molar-refractivity contribution is 7.92. The second-order valence-corrected chi connectivity index (χ2v) is 7.83. The Kier molecular flexibility index (Phi) is 6.22. The summed E-state index contributed by atoms with van der Waals surface area (Å²) in [4.78, 5) is 8.70. The van der Waals surface area contributed by atoms with E-state index in [1.54, 1.807) is 47.4 Å². The van der Waals surface area contributed by atoms with Gasteiger partial charge in [-0.15, -0.1) is 0 Å². The summed E-state index contributed by atoms with van der Waals surface area (Å²) in [5.41, 5.74) is 2.83. The summed E-state index contributed by atoms with van der Waals surface area (Å²) in [5, 5.41) is 7.18. The third kappa shape index (κ3) is 5.51. The SMILES string of the molecule is CCOCCS(=O)(=O)Nc1ccc(-c2ccnc(Nc3cnn(C)c3)n2)cc1. The largest absolute Gasteiger partial charge is 0.381 e. The van der Waals surface area contributed by atoms with Gasteiger partial charge in [-0.3, -0.25) is 9.40 Å². The maximum absolute atomic E-state index is 12.0. The Bertz CT molecular complexity index is 1020. The van der Waals surface area contributed by atoms with E-state index < -0.39 is 10.0 Å². The highest BCUT2D eigenvalue weighted by Gasteiger charge is 2.11. The van der Waals surface area contributed by atoms with Crippen LogP contribution in [0.25, 0.3) is 11.3 Å². The van der Waals surface area contributed by atoms with E-state index in [4.69, 9.17) is 4.74 Å². The van der Waals surface area contributed by atoms with Crippen LogP contribution in [0.5, 0.6) is 0 Å². The molecule has 0 atom stereocenters. The molecule has 0 aliphatic carbocycles. The maximum Gasteiger partial charge on any atom is 0.234 e. The van der Waals surface area contributed by atoms with Gasteiger partial charge < -0.3 is 10.1 Å². The fourth-order valence-electron chi connectivity index (χ4n) is 2.45. The molecule has 0 saturated heterocycles. The number of hydrogen-bond acceptors (Lipinski definition) is 7. The lowest BCUT2D eigenvalue weighted by Crippen LogP contribution is -2.20. The number of benzene rings is 1. The zero-order valence-electron chi connectivity index (χ0n) is 15.7. The summed E-state index contributed by atoms with van der Waals surface area (Å²) in [7, 11) is -1.61. The number of anilines is 3. The van der Waals surface area contributed by atoms with Crippen LogP contribution in [0, 0.1) is 0 Å². The Morgan fingerprint density at radius 3 is 2.61 bits per heavy atom. The van der Waals surface area contributed by atoms with E-state index in [0.717, 1.165) is 11.3 Å². The molecule has 0 bridgehead atoms. The Labute approximate surface area is 163 Å². The second kappa shape index (κ2) is 8.81. The highest BCUT2D eigenvalue weighted by Crippen LogP contribution is 2.21. The van der Waals surface area contributed by atoms with Crippen molar-refractivity contribution in [3.8, 4) is 11.3 Å². The minimum Gasteiger partial charge on any atom is -0.381 e. The van der Waals surface area contributed by atoms with Gasteiger partial charge in [0.05, 0.1) is 29.9 Å². The zero-order valence-corrected chi connectivity index (χ0v) is 16.5. The van der Waals surface area contributed by atoms with Crippen LogP contribution in [0.4, 0.5) is 17.3 Å². The lowest BCUT2D eigenvalue weighted by atomic mass is 10.1. The number of ether oxygens (including phenoxy) is 1. The highest BCUT2D eigenvalue weighted by atomic mass is 32.2. The van der Waals surface area contributed by atoms with Crippen LogP contribution in [0.15, 0.2) is 48.9 Å². The molecule has 0 unspecified atom stereocenters. The van der Waals surface area contributed by atoms with Gasteiger partial charge in [0.15, 0.2) is 0 Å². The topological polar surface area (TPSA) is 111 Å². The number of rotatable bonds is 9. The summed E-state index contributed by atoms with van der Waals surface area (Å²) in [6, 6.07) is 8.79. The first-order valence-corrected chi connectivity index (χ1v) is 10.4. The molecule has 0 aliphatic heterocycles. The van der Waals surface area contributed by atoms with Gasteiger partial charge in [0.25, 0.3) is 0 Å². The molecule has 28 heavy (non-hydrogen) atoms. The maximum atomic E-state index is 12.0. The molecule has 2 N–H and O–H groups in total. The number of nitrogens with one attached hydrogen (secondary N) is 2. The van der Waals surface area contributed by atoms with E-state index in [-0.39, 0.29) is 12.4 Å². The predicted molar refractivity (Wildman–Crippen MR) is 108 cm³/mol. The second-order valence-electron chi connectivity index (χ2n) is 5.99. The fourth-order valence-corrected chi connectivity index (χ4v) is 3.38. The van der Waals surface area contributed by atoms with E-state index in [2.05, 4.69) is 25.1 Å². The van der Waals surface area contributed by atoms with Crippen molar-refractivity contribution in [2.45, 2.75) is 6.92 Å². The first-order valence-electron chi connectivity index (χ1n) is 8.72. The molecule has 0 fully saturated rings. The van der Waals surface area contributed by atoms with E-state index in [1.165, 1.54) is 0 Å². The van der Waals surface area contributed by atoms with Gasteiger partial charge >= 0.3 is 0 Å². The number of nitrogens with zero attached hydrogens (tertiary/aromatic N) is 4. The normalized spacial score (nSPS) is 11.4. The van der Waals surface area contributed by atoms with E-state index in [9.17, 15) is 8.42 Å². The van der Waals surface area contributed by atoms with Crippen LogP contribution in [0.1, 0.15) is 6.92 Å². The van der Waals surface area contributed by atoms with Crippen molar-refractivity contribution in [3.05, 3.63) is 48.9 Å². The molecule has 2 heterocycles. The van der Waals surface area contributed by atoms with Crippen LogP contribution in [0.3, 0.4) is 0 Å². The monoisotopic (exact) mass is 402 g/mol. The fraction of sp³-hybridized carbons (Fsp3) is 0.278. The standard InChI is InChI=1S/C18H22N6O3S/c1-3-27-10-11-28(25,26)23-15-6-4-14(5-7-15)17-8-9-19-18(22-17)21-16-12-20-24(2)13-16/h4-9,12-13,23H,3,10-11H2,1-2H3,(H,19,21,22). The van der Waals surface area contributed by atoms with Gasteiger partial charge in [0.2, 0.25) is 16.0 Å². The van der Waals surface area contributed by atoms with Crippen molar-refractivity contribution in [2.75, 3.05) is 29.0 Å². The van der Waals surface area contributed by atoms with Gasteiger partial charge in [-0.05, 0) is 25.1 Å². The summed E-state index contributed by atoms with van der Waals surface area (Å²) < 4.78 is 33.4. The van der Waals surface area contributed by atoms with Gasteiger partial charge in [0, 0.05) is 37.3 Å². The van der Waals surface area contributed by atoms with E-state index in [0.29, 0.717) is 23.9 Å². The van der Waals surface area contributed by atoms with Gasteiger partial charge in [-0.1, -0.05) is 12.1 Å². The van der Waals surface area contributed by atoms with Crippen molar-refractivity contribution < 1.29 is 13.2 Å². The molecule has 0 saturated carbocycles. The van der Waals surface area contributed by atoms with Crippen molar-refractivity contribution in [1.29, 1.82) is 0 Å². The van der Waals surface area contributed by atoms with Crippen LogP contribution in [0.2, 0.25) is 0 Å². The van der Waals surface area contributed by atoms with E-state index >= 15 is 0 Å². The number of sulfonamides is 1. The molecule has 10 heteroatoms. The lowest BCUT2D eigenvalue weighted by molar-refractivity contribution is 0.163. The van der Waals surface area contributed by atoms with E-state index in [1.807, 2.05) is 20.2 Å². The molecule has 3 aromatic rings. The molecular formula is C18H22N6O3S. The molecule has 2 aromatic heterocycles. The molecule has 0 spiro atoms. The first kappa shape index (κ1) is 19.8. The van der Waals surface area contributed by atoms with Gasteiger partial charge in [-0.2, -0.15) is 5.10 Å². The van der Waals surface area contributed by atoms with Crippen molar-refractivity contribution in [3.63, 3.8) is 0 Å². The summed E-state index contributed by atoms with van der Waals surface area (Å²) in [6.07, 6.45) is 5.16. The third-order valence-corrected chi connectivity index (χ3v) is 5.02. The average Bonchev–Trinajstić information content (AvgIpc) is 3.07. The van der Waals surface area contributed by atoms with Gasteiger partial charge in [0.1, 0.15) is 0 Å². The molecule has 0 amide bonds.